The molecule has 2 aromatic heterocycles. The van der Waals surface area contributed by atoms with Crippen molar-refractivity contribution in [2.75, 3.05) is 0 Å². The van der Waals surface area contributed by atoms with Gasteiger partial charge in [-0.1, -0.05) is 23.2 Å². The first-order chi connectivity index (χ1) is 12.0. The Hall–Kier alpha value is -2.63. The number of aromatic amines is 1. The van der Waals surface area contributed by atoms with Gasteiger partial charge < -0.3 is 15.2 Å². The Bertz CT molecular complexity index is 1120. The van der Waals surface area contributed by atoms with Gasteiger partial charge in [-0.3, -0.25) is 4.57 Å². The Morgan fingerprint density at radius 3 is 2.64 bits per heavy atom. The number of hydrogen-bond acceptors (Lipinski definition) is 3. The minimum atomic E-state index is -0.252. The van der Waals surface area contributed by atoms with Crippen molar-refractivity contribution in [3.63, 3.8) is 0 Å². The largest absolute Gasteiger partial charge is 0.503 e. The third-order valence-electron chi connectivity index (χ3n) is 4.21. The van der Waals surface area contributed by atoms with Gasteiger partial charge in [0.15, 0.2) is 5.75 Å². The van der Waals surface area contributed by atoms with Crippen molar-refractivity contribution in [2.45, 2.75) is 6.92 Å². The van der Waals surface area contributed by atoms with Gasteiger partial charge in [-0.25, -0.2) is 4.98 Å². The number of imidazole rings is 1. The van der Waals surface area contributed by atoms with E-state index < -0.39 is 0 Å². The summed E-state index contributed by atoms with van der Waals surface area (Å²) >= 11 is 12.3. The third-order valence-corrected chi connectivity index (χ3v) is 4.75. The van der Waals surface area contributed by atoms with Crippen molar-refractivity contribution in [1.82, 2.24) is 14.5 Å². The lowest BCUT2D eigenvalue weighted by Gasteiger charge is -2.13. The van der Waals surface area contributed by atoms with Crippen molar-refractivity contribution in [1.29, 1.82) is 0 Å². The van der Waals surface area contributed by atoms with Gasteiger partial charge >= 0.3 is 0 Å². The zero-order chi connectivity index (χ0) is 17.7. The maximum atomic E-state index is 10.5. The lowest BCUT2D eigenvalue weighted by atomic mass is 10.1. The molecular weight excluding hydrogens is 361 g/mol. The summed E-state index contributed by atoms with van der Waals surface area (Å²) in [6, 6.07) is 10.6. The van der Waals surface area contributed by atoms with Crippen LogP contribution < -0.4 is 0 Å². The summed E-state index contributed by atoms with van der Waals surface area (Å²) < 4.78 is 1.56. The van der Waals surface area contributed by atoms with E-state index in [0.29, 0.717) is 32.6 Å². The van der Waals surface area contributed by atoms with Gasteiger partial charge in [-0.15, -0.1) is 0 Å². The second-order valence-corrected chi connectivity index (χ2v) is 6.55. The van der Waals surface area contributed by atoms with E-state index in [1.165, 1.54) is 0 Å². The lowest BCUT2D eigenvalue weighted by molar-refractivity contribution is 0.386. The van der Waals surface area contributed by atoms with Crippen LogP contribution in [0.3, 0.4) is 0 Å². The highest BCUT2D eigenvalue weighted by Crippen LogP contribution is 2.44. The Balaban J connectivity index is 2.03. The van der Waals surface area contributed by atoms with Gasteiger partial charge in [0.1, 0.15) is 0 Å². The molecular formula is C18H13Cl2N3O2. The molecule has 4 rings (SSSR count). The van der Waals surface area contributed by atoms with Crippen molar-refractivity contribution >= 4 is 34.2 Å². The molecule has 4 aromatic rings. The van der Waals surface area contributed by atoms with E-state index in [2.05, 4.69) is 9.97 Å². The summed E-state index contributed by atoms with van der Waals surface area (Å²) in [6.45, 7) is 1.72. The van der Waals surface area contributed by atoms with Crippen molar-refractivity contribution < 1.29 is 10.2 Å². The van der Waals surface area contributed by atoms with E-state index in [4.69, 9.17) is 23.2 Å². The molecule has 2 aromatic carbocycles. The van der Waals surface area contributed by atoms with Crippen LogP contribution in [-0.2, 0) is 0 Å². The van der Waals surface area contributed by atoms with Crippen LogP contribution in [0.15, 0.2) is 42.7 Å². The van der Waals surface area contributed by atoms with Gasteiger partial charge in [0.2, 0.25) is 5.88 Å². The number of halogens is 2. The quantitative estimate of drug-likeness (QED) is 0.460. The average Bonchev–Trinajstić information content (AvgIpc) is 3.13. The topological polar surface area (TPSA) is 74.1 Å². The Morgan fingerprint density at radius 2 is 1.88 bits per heavy atom. The minimum absolute atomic E-state index is 0.189. The molecule has 0 aliphatic rings. The van der Waals surface area contributed by atoms with Crippen molar-refractivity contribution in [3.05, 3.63) is 58.3 Å². The normalized spacial score (nSPS) is 11.3. The van der Waals surface area contributed by atoms with Crippen LogP contribution >= 0.6 is 23.2 Å². The summed E-state index contributed by atoms with van der Waals surface area (Å²) in [4.78, 5) is 7.23. The van der Waals surface area contributed by atoms with E-state index >= 15 is 0 Å². The summed E-state index contributed by atoms with van der Waals surface area (Å²) in [5.41, 5.74) is 4.06. The molecule has 25 heavy (non-hydrogen) atoms. The Morgan fingerprint density at radius 1 is 1.08 bits per heavy atom. The third kappa shape index (κ3) is 2.44. The average molecular weight is 374 g/mol. The standard InChI is InChI=1S/C18H13Cl2N3O2/c1-9-16(12-4-2-10(19)6-13(12)20)23(18(25)17(9)24)11-3-5-14-15(7-11)22-8-21-14/h2-8,24-25H,1H3,(H,21,22). The van der Waals surface area contributed by atoms with Crippen molar-refractivity contribution in [3.8, 4) is 28.6 Å². The molecule has 0 aliphatic heterocycles. The summed E-state index contributed by atoms with van der Waals surface area (Å²) in [5, 5.41) is 21.7. The number of hydrogen-bond donors (Lipinski definition) is 3. The molecule has 0 aliphatic carbocycles. The molecule has 0 saturated heterocycles. The molecule has 7 heteroatoms. The molecule has 0 radical (unpaired) electrons. The first-order valence-electron chi connectivity index (χ1n) is 7.49. The number of aromatic nitrogens is 3. The maximum absolute atomic E-state index is 10.5. The molecule has 0 atom stereocenters. The van der Waals surface area contributed by atoms with Gasteiger partial charge in [0, 0.05) is 16.1 Å². The summed E-state index contributed by atoms with van der Waals surface area (Å²) in [7, 11) is 0. The predicted octanol–water partition coefficient (Wildman–Crippen LogP) is 5.05. The number of H-pyrrole nitrogens is 1. The lowest BCUT2D eigenvalue weighted by Crippen LogP contribution is -1.98. The van der Waals surface area contributed by atoms with Gasteiger partial charge in [-0.2, -0.15) is 0 Å². The van der Waals surface area contributed by atoms with Crippen LogP contribution in [0.5, 0.6) is 11.6 Å². The van der Waals surface area contributed by atoms with Crippen LogP contribution in [-0.4, -0.2) is 24.7 Å². The first kappa shape index (κ1) is 15.9. The Labute approximate surface area is 153 Å². The van der Waals surface area contributed by atoms with Crippen LogP contribution in [0.4, 0.5) is 0 Å². The highest BCUT2D eigenvalue weighted by atomic mass is 35.5. The zero-order valence-corrected chi connectivity index (χ0v) is 14.6. The monoisotopic (exact) mass is 373 g/mol. The first-order valence-corrected chi connectivity index (χ1v) is 8.25. The van der Waals surface area contributed by atoms with Gasteiger partial charge in [0.05, 0.1) is 33.8 Å². The fraction of sp³-hybridized carbons (Fsp3) is 0.0556. The van der Waals surface area contributed by atoms with E-state index in [1.807, 2.05) is 18.2 Å². The number of fused-ring (bicyclic) bond motifs is 1. The van der Waals surface area contributed by atoms with Gasteiger partial charge in [-0.05, 0) is 43.3 Å². The number of nitrogens with one attached hydrogen (secondary N) is 1. The molecule has 0 bridgehead atoms. The van der Waals surface area contributed by atoms with E-state index in [-0.39, 0.29) is 11.6 Å². The highest BCUT2D eigenvalue weighted by molar-refractivity contribution is 6.36. The van der Waals surface area contributed by atoms with Gasteiger partial charge in [0.25, 0.3) is 0 Å². The molecule has 0 unspecified atom stereocenters. The molecule has 0 amide bonds. The zero-order valence-electron chi connectivity index (χ0n) is 13.1. The van der Waals surface area contributed by atoms with E-state index in [1.54, 1.807) is 36.0 Å². The second-order valence-electron chi connectivity index (χ2n) is 5.71. The summed E-state index contributed by atoms with van der Waals surface area (Å²) in [5.74, 6) is -0.442. The van der Waals surface area contributed by atoms with E-state index in [0.717, 1.165) is 11.0 Å². The fourth-order valence-electron chi connectivity index (χ4n) is 2.98. The molecule has 5 nitrogen and oxygen atoms in total. The molecule has 2 heterocycles. The predicted molar refractivity (Wildman–Crippen MR) is 98.9 cm³/mol. The Kier molecular flexibility index (Phi) is 3.63. The molecule has 3 N–H and O–H groups in total. The molecule has 126 valence electrons. The number of benzene rings is 2. The number of nitrogens with zero attached hydrogens (tertiary/aromatic N) is 2. The molecule has 0 spiro atoms. The van der Waals surface area contributed by atoms with Crippen LogP contribution in [0, 0.1) is 6.92 Å². The highest BCUT2D eigenvalue weighted by Gasteiger charge is 2.23. The van der Waals surface area contributed by atoms with Crippen LogP contribution in [0.25, 0.3) is 28.0 Å². The van der Waals surface area contributed by atoms with Crippen molar-refractivity contribution in [2.24, 2.45) is 0 Å². The molecule has 0 fully saturated rings. The van der Waals surface area contributed by atoms with E-state index in [9.17, 15) is 10.2 Å². The number of rotatable bonds is 2. The van der Waals surface area contributed by atoms with Crippen LogP contribution in [0.2, 0.25) is 10.0 Å². The fourth-order valence-corrected chi connectivity index (χ4v) is 3.48. The smallest absolute Gasteiger partial charge is 0.240 e. The summed E-state index contributed by atoms with van der Waals surface area (Å²) in [6.07, 6.45) is 1.60. The molecule has 0 saturated carbocycles. The number of aromatic hydroxyl groups is 2. The second kappa shape index (κ2) is 5.72. The minimum Gasteiger partial charge on any atom is -0.503 e. The van der Waals surface area contributed by atoms with Crippen LogP contribution in [0.1, 0.15) is 5.56 Å². The maximum Gasteiger partial charge on any atom is 0.240 e. The SMILES string of the molecule is Cc1c(O)c(O)n(-c2ccc3nc[nH]c3c2)c1-c1ccc(Cl)cc1Cl.